The van der Waals surface area contributed by atoms with Crippen LogP contribution in [0.2, 0.25) is 0 Å². The van der Waals surface area contributed by atoms with E-state index in [0.717, 1.165) is 29.9 Å². The van der Waals surface area contributed by atoms with E-state index >= 15 is 0 Å². The highest BCUT2D eigenvalue weighted by Gasteiger charge is 2.26. The molecule has 4 aromatic rings. The number of ether oxygens (including phenoxy) is 1. The number of nitrogens with zero attached hydrogens (tertiary/aromatic N) is 5. The molecule has 1 saturated heterocycles. The molecule has 2 aromatic heterocycles. The van der Waals surface area contributed by atoms with E-state index in [0.29, 0.717) is 35.6 Å². The van der Waals surface area contributed by atoms with E-state index in [1.54, 1.807) is 5.01 Å². The van der Waals surface area contributed by atoms with Crippen molar-refractivity contribution >= 4 is 22.9 Å². The van der Waals surface area contributed by atoms with Gasteiger partial charge >= 0.3 is 6.09 Å². The Hall–Kier alpha value is -4.18. The number of carboxylic acid groups (broad SMARTS) is 1. The first-order valence-electron chi connectivity index (χ1n) is 10.6. The molecule has 0 unspecified atom stereocenters. The highest BCUT2D eigenvalue weighted by atomic mass is 16.5. The van der Waals surface area contributed by atoms with Gasteiger partial charge in [-0.3, -0.25) is 5.43 Å². The molecule has 0 bridgehead atoms. The largest absolute Gasteiger partial charge is 0.464 e. The number of aromatic nitrogens is 4. The van der Waals surface area contributed by atoms with Crippen molar-refractivity contribution < 1.29 is 14.6 Å². The molecule has 1 amide bonds. The minimum absolute atomic E-state index is 0.0723. The van der Waals surface area contributed by atoms with Crippen LogP contribution >= 0.6 is 0 Å². The number of rotatable bonds is 5. The third kappa shape index (κ3) is 4.28. The van der Waals surface area contributed by atoms with E-state index in [1.165, 1.54) is 6.33 Å². The minimum atomic E-state index is -1.06. The Morgan fingerprint density at radius 2 is 1.73 bits per heavy atom. The maximum absolute atomic E-state index is 10.9. The molecule has 0 saturated carbocycles. The Labute approximate surface area is 189 Å². The summed E-state index contributed by atoms with van der Waals surface area (Å²) in [6.07, 6.45) is 1.84. The lowest BCUT2D eigenvalue weighted by Crippen LogP contribution is -2.46. The van der Waals surface area contributed by atoms with Gasteiger partial charge in [0.2, 0.25) is 0 Å². The molecule has 0 aliphatic carbocycles. The van der Waals surface area contributed by atoms with E-state index in [9.17, 15) is 4.79 Å². The first-order valence-corrected chi connectivity index (χ1v) is 10.6. The van der Waals surface area contributed by atoms with E-state index in [4.69, 9.17) is 20.7 Å². The van der Waals surface area contributed by atoms with Gasteiger partial charge in [0.1, 0.15) is 29.3 Å². The molecule has 33 heavy (non-hydrogen) atoms. The number of para-hydroxylation sites is 1. The summed E-state index contributed by atoms with van der Waals surface area (Å²) in [7, 11) is 0. The average molecular weight is 445 g/mol. The number of nitrogen functional groups attached to an aromatic ring is 1. The van der Waals surface area contributed by atoms with E-state index in [-0.39, 0.29) is 6.04 Å². The van der Waals surface area contributed by atoms with Gasteiger partial charge in [-0.25, -0.2) is 24.5 Å². The van der Waals surface area contributed by atoms with Gasteiger partial charge in [0, 0.05) is 18.7 Å². The molecule has 1 aliphatic heterocycles. The number of hydrazine groups is 1. The second-order valence-electron chi connectivity index (χ2n) is 7.83. The van der Waals surface area contributed by atoms with Crippen LogP contribution in [-0.2, 0) is 0 Å². The van der Waals surface area contributed by atoms with Crippen LogP contribution in [0.3, 0.4) is 0 Å². The maximum atomic E-state index is 10.9. The quantitative estimate of drug-likeness (QED) is 0.424. The topological polar surface area (TPSA) is 131 Å². The van der Waals surface area contributed by atoms with Gasteiger partial charge in [-0.2, -0.15) is 5.10 Å². The van der Waals surface area contributed by atoms with Crippen molar-refractivity contribution in [2.24, 2.45) is 0 Å². The Morgan fingerprint density at radius 1 is 1.03 bits per heavy atom. The summed E-state index contributed by atoms with van der Waals surface area (Å²) < 4.78 is 7.79. The average Bonchev–Trinajstić information content (AvgIpc) is 3.21. The fraction of sp³-hybridized carbons (Fsp3) is 0.217. The van der Waals surface area contributed by atoms with Gasteiger partial charge in [0.25, 0.3) is 0 Å². The SMILES string of the molecule is Nc1ncnc2c1c(-c1ccc(Oc3ccccc3)cc1)nn2C1CCN(NC(=O)O)CC1. The van der Waals surface area contributed by atoms with Crippen molar-refractivity contribution in [3.63, 3.8) is 0 Å². The van der Waals surface area contributed by atoms with Crippen molar-refractivity contribution in [2.45, 2.75) is 18.9 Å². The summed E-state index contributed by atoms with van der Waals surface area (Å²) in [5.74, 6) is 1.86. The summed E-state index contributed by atoms with van der Waals surface area (Å²) in [6.45, 7) is 1.17. The Morgan fingerprint density at radius 3 is 2.42 bits per heavy atom. The number of amides is 1. The zero-order valence-corrected chi connectivity index (χ0v) is 17.8. The van der Waals surface area contributed by atoms with Crippen LogP contribution in [0.5, 0.6) is 11.5 Å². The first-order chi connectivity index (χ1) is 16.1. The molecule has 1 aliphatic rings. The van der Waals surface area contributed by atoms with Crippen LogP contribution in [0.4, 0.5) is 10.6 Å². The van der Waals surface area contributed by atoms with Crippen molar-refractivity contribution in [1.29, 1.82) is 0 Å². The van der Waals surface area contributed by atoms with E-state index < -0.39 is 6.09 Å². The fourth-order valence-corrected chi connectivity index (χ4v) is 4.12. The number of anilines is 1. The molecule has 4 N–H and O–H groups in total. The summed E-state index contributed by atoms with van der Waals surface area (Å²) in [6, 6.07) is 17.3. The maximum Gasteiger partial charge on any atom is 0.419 e. The summed E-state index contributed by atoms with van der Waals surface area (Å²) in [4.78, 5) is 19.5. The molecule has 10 nitrogen and oxygen atoms in total. The molecule has 168 valence electrons. The first kappa shape index (κ1) is 20.7. The molecule has 0 spiro atoms. The van der Waals surface area contributed by atoms with Crippen LogP contribution < -0.4 is 15.9 Å². The molecule has 5 rings (SSSR count). The standard InChI is InChI=1S/C23H23N7O3/c24-21-19-20(15-6-8-18(9-7-15)33-17-4-2-1-3-5-17)27-30(22(19)26-14-25-21)16-10-12-29(13-11-16)28-23(31)32/h1-9,14,16,28H,10-13H2,(H,31,32)(H2,24,25,26). The van der Waals surface area contributed by atoms with Gasteiger partial charge in [0.05, 0.1) is 11.4 Å². The van der Waals surface area contributed by atoms with Crippen LogP contribution in [0.25, 0.3) is 22.3 Å². The third-order valence-electron chi connectivity index (χ3n) is 5.69. The number of hydrogen-bond donors (Lipinski definition) is 3. The summed E-state index contributed by atoms with van der Waals surface area (Å²) in [5, 5.41) is 16.2. The second-order valence-corrected chi connectivity index (χ2v) is 7.83. The number of fused-ring (bicyclic) bond motifs is 1. The van der Waals surface area contributed by atoms with Gasteiger partial charge in [-0.15, -0.1) is 0 Å². The second kappa shape index (κ2) is 8.75. The summed E-state index contributed by atoms with van der Waals surface area (Å²) >= 11 is 0. The fourth-order valence-electron chi connectivity index (χ4n) is 4.12. The van der Waals surface area contributed by atoms with Crippen molar-refractivity contribution in [3.05, 3.63) is 60.9 Å². The molecule has 0 atom stereocenters. The van der Waals surface area contributed by atoms with Crippen LogP contribution in [0.15, 0.2) is 60.9 Å². The van der Waals surface area contributed by atoms with E-state index in [1.807, 2.05) is 59.3 Å². The smallest absolute Gasteiger partial charge is 0.419 e. The Balaban J connectivity index is 1.44. The monoisotopic (exact) mass is 445 g/mol. The molecule has 1 fully saturated rings. The molecule has 3 heterocycles. The lowest BCUT2D eigenvalue weighted by molar-refractivity contribution is 0.108. The molecular weight excluding hydrogens is 422 g/mol. The highest BCUT2D eigenvalue weighted by molar-refractivity contribution is 5.98. The number of nitrogens with two attached hydrogens (primary N) is 1. The lowest BCUT2D eigenvalue weighted by Gasteiger charge is -2.31. The van der Waals surface area contributed by atoms with Crippen molar-refractivity contribution in [1.82, 2.24) is 30.2 Å². The van der Waals surface area contributed by atoms with Gasteiger partial charge in [-0.1, -0.05) is 18.2 Å². The minimum Gasteiger partial charge on any atom is -0.464 e. The number of hydrogen-bond acceptors (Lipinski definition) is 7. The normalized spacial score (nSPS) is 14.9. The van der Waals surface area contributed by atoms with E-state index in [2.05, 4.69) is 15.4 Å². The van der Waals surface area contributed by atoms with Crippen molar-refractivity contribution in [3.8, 4) is 22.8 Å². The number of nitrogens with one attached hydrogen (secondary N) is 1. The summed E-state index contributed by atoms with van der Waals surface area (Å²) in [5.41, 5.74) is 10.9. The van der Waals surface area contributed by atoms with Gasteiger partial charge < -0.3 is 15.6 Å². The van der Waals surface area contributed by atoms with Crippen LogP contribution in [-0.4, -0.2) is 49.0 Å². The molecular formula is C23H23N7O3. The third-order valence-corrected chi connectivity index (χ3v) is 5.69. The Kier molecular flexibility index (Phi) is 5.49. The van der Waals surface area contributed by atoms with Gasteiger partial charge in [-0.05, 0) is 49.2 Å². The van der Waals surface area contributed by atoms with Gasteiger partial charge in [0.15, 0.2) is 5.65 Å². The number of benzene rings is 2. The Bertz CT molecular complexity index is 1270. The molecule has 0 radical (unpaired) electrons. The molecule has 10 heteroatoms. The highest BCUT2D eigenvalue weighted by Crippen LogP contribution is 2.35. The zero-order chi connectivity index (χ0) is 22.8. The number of carbonyl (C=O) groups is 1. The lowest BCUT2D eigenvalue weighted by atomic mass is 10.1. The number of piperidine rings is 1. The van der Waals surface area contributed by atoms with Crippen LogP contribution in [0, 0.1) is 0 Å². The van der Waals surface area contributed by atoms with Crippen molar-refractivity contribution in [2.75, 3.05) is 18.8 Å². The zero-order valence-electron chi connectivity index (χ0n) is 17.8. The predicted molar refractivity (Wildman–Crippen MR) is 123 cm³/mol. The molecule has 2 aromatic carbocycles. The van der Waals surface area contributed by atoms with Crippen LogP contribution in [0.1, 0.15) is 18.9 Å². The predicted octanol–water partition coefficient (Wildman–Crippen LogP) is 3.69.